The van der Waals surface area contributed by atoms with Gasteiger partial charge in [0.05, 0.1) is 6.61 Å². The Labute approximate surface area is 179 Å². The number of carbonyl (C=O) groups is 1. The highest BCUT2D eigenvalue weighted by molar-refractivity contribution is 6.06. The number of benzene rings is 1. The van der Waals surface area contributed by atoms with Gasteiger partial charge in [0, 0.05) is 49.6 Å². The lowest BCUT2D eigenvalue weighted by Gasteiger charge is -2.21. The van der Waals surface area contributed by atoms with E-state index in [4.69, 9.17) is 4.74 Å². The first kappa shape index (κ1) is 21.0. The monoisotopic (exact) mass is 427 g/mol. The van der Waals surface area contributed by atoms with Crippen molar-refractivity contribution in [3.8, 4) is 5.88 Å². The second-order valence-electron chi connectivity index (χ2n) is 7.83. The maximum absolute atomic E-state index is 14.3. The molecule has 0 unspecified atom stereocenters. The van der Waals surface area contributed by atoms with Gasteiger partial charge in [0.2, 0.25) is 11.8 Å². The fourth-order valence-electron chi connectivity index (χ4n) is 3.74. The molecule has 164 valence electrons. The predicted octanol–water partition coefficient (Wildman–Crippen LogP) is 2.29. The molecule has 31 heavy (non-hydrogen) atoms. The molecule has 1 aromatic carbocycles. The molecule has 0 radical (unpaired) electrons. The van der Waals surface area contributed by atoms with Gasteiger partial charge in [-0.05, 0) is 39.6 Å². The molecule has 2 aromatic heterocycles. The molecule has 3 heterocycles. The van der Waals surface area contributed by atoms with E-state index in [9.17, 15) is 9.18 Å². The van der Waals surface area contributed by atoms with Crippen molar-refractivity contribution in [2.45, 2.75) is 19.4 Å². The van der Waals surface area contributed by atoms with E-state index >= 15 is 0 Å². The van der Waals surface area contributed by atoms with E-state index in [-0.39, 0.29) is 17.0 Å². The highest BCUT2D eigenvalue weighted by atomic mass is 19.1. The zero-order chi connectivity index (χ0) is 22.1. The van der Waals surface area contributed by atoms with Crippen LogP contribution in [0.3, 0.4) is 0 Å². The van der Waals surface area contributed by atoms with Crippen LogP contribution in [0.15, 0.2) is 24.5 Å². The van der Waals surface area contributed by atoms with Crippen LogP contribution in [0.2, 0.25) is 0 Å². The number of nitrogens with zero attached hydrogens (tertiary/aromatic N) is 6. The summed E-state index contributed by atoms with van der Waals surface area (Å²) >= 11 is 0. The summed E-state index contributed by atoms with van der Waals surface area (Å²) in [7, 11) is 5.83. The minimum atomic E-state index is -0.505. The molecule has 1 N–H and O–H groups in total. The van der Waals surface area contributed by atoms with Gasteiger partial charge in [0.1, 0.15) is 11.1 Å². The number of amides is 1. The Morgan fingerprint density at radius 2 is 2.19 bits per heavy atom. The number of likely N-dealkylation sites (N-methyl/N-ethyl adjacent to an activating group) is 1. The largest absolute Gasteiger partial charge is 0.477 e. The van der Waals surface area contributed by atoms with Crippen LogP contribution in [-0.4, -0.2) is 70.4 Å². The molecule has 3 aromatic rings. The average Bonchev–Trinajstić information content (AvgIpc) is 3.35. The predicted molar refractivity (Wildman–Crippen MR) is 116 cm³/mol. The lowest BCUT2D eigenvalue weighted by atomic mass is 10.2. The third-order valence-corrected chi connectivity index (χ3v) is 5.38. The smallest absolute Gasteiger partial charge is 0.262 e. The van der Waals surface area contributed by atoms with Crippen LogP contribution in [0, 0.1) is 5.82 Å². The third kappa shape index (κ3) is 4.29. The summed E-state index contributed by atoms with van der Waals surface area (Å²) in [4.78, 5) is 26.1. The second kappa shape index (κ2) is 8.46. The maximum Gasteiger partial charge on any atom is 0.262 e. The number of fused-ring (bicyclic) bond motifs is 1. The summed E-state index contributed by atoms with van der Waals surface area (Å²) in [5, 5.41) is 7.38. The van der Waals surface area contributed by atoms with Crippen LogP contribution in [0.4, 0.5) is 16.0 Å². The Kier molecular flexibility index (Phi) is 5.73. The number of rotatable bonds is 6. The molecule has 0 saturated carbocycles. The van der Waals surface area contributed by atoms with Gasteiger partial charge in [-0.2, -0.15) is 10.1 Å². The molecule has 1 atom stereocenters. The summed E-state index contributed by atoms with van der Waals surface area (Å²) in [5.41, 5.74) is 0.772. The Bertz CT molecular complexity index is 1110. The molecule has 1 aliphatic rings. The topological polar surface area (TPSA) is 88.4 Å². The Balaban J connectivity index is 1.57. The van der Waals surface area contributed by atoms with Crippen molar-refractivity contribution in [1.29, 1.82) is 0 Å². The van der Waals surface area contributed by atoms with E-state index < -0.39 is 11.7 Å². The minimum Gasteiger partial charge on any atom is -0.477 e. The fraction of sp³-hybridized carbons (Fsp3) is 0.429. The molecule has 0 spiro atoms. The van der Waals surface area contributed by atoms with Gasteiger partial charge in [-0.25, -0.2) is 9.37 Å². The molecular formula is C21H26FN7O2. The van der Waals surface area contributed by atoms with Gasteiger partial charge in [0.15, 0.2) is 5.82 Å². The van der Waals surface area contributed by atoms with E-state index in [0.717, 1.165) is 19.5 Å². The summed E-state index contributed by atoms with van der Waals surface area (Å²) in [6.45, 7) is 3.83. The van der Waals surface area contributed by atoms with Crippen molar-refractivity contribution in [2.75, 3.05) is 44.0 Å². The first-order valence-electron chi connectivity index (χ1n) is 10.2. The van der Waals surface area contributed by atoms with Gasteiger partial charge < -0.3 is 19.9 Å². The van der Waals surface area contributed by atoms with E-state index in [1.807, 2.05) is 6.92 Å². The molecule has 1 aliphatic heterocycles. The van der Waals surface area contributed by atoms with Gasteiger partial charge in [0.25, 0.3) is 5.91 Å². The number of hydrogen-bond acceptors (Lipinski definition) is 7. The van der Waals surface area contributed by atoms with Crippen molar-refractivity contribution in [1.82, 2.24) is 24.6 Å². The SMILES string of the molecule is CCOc1nc(N2CC[C@@H](N(C)C)C2)ncc1C(=O)Nc1cc(F)c2nn(C)cc2c1. The van der Waals surface area contributed by atoms with Crippen molar-refractivity contribution < 1.29 is 13.9 Å². The number of nitrogens with one attached hydrogen (secondary N) is 1. The Morgan fingerprint density at radius 3 is 2.90 bits per heavy atom. The van der Waals surface area contributed by atoms with E-state index in [0.29, 0.717) is 29.7 Å². The van der Waals surface area contributed by atoms with Crippen LogP contribution < -0.4 is 15.0 Å². The number of halogens is 1. The molecule has 0 aliphatic carbocycles. The molecule has 9 nitrogen and oxygen atoms in total. The summed E-state index contributed by atoms with van der Waals surface area (Å²) < 4.78 is 21.5. The van der Waals surface area contributed by atoms with Crippen LogP contribution in [0.5, 0.6) is 5.88 Å². The third-order valence-electron chi connectivity index (χ3n) is 5.38. The van der Waals surface area contributed by atoms with Crippen molar-refractivity contribution in [2.24, 2.45) is 7.05 Å². The summed E-state index contributed by atoms with van der Waals surface area (Å²) in [6, 6.07) is 3.35. The zero-order valence-electron chi connectivity index (χ0n) is 18.1. The zero-order valence-corrected chi connectivity index (χ0v) is 18.1. The molecule has 4 rings (SSSR count). The highest BCUT2D eigenvalue weighted by Crippen LogP contribution is 2.25. The normalized spacial score (nSPS) is 16.3. The summed E-state index contributed by atoms with van der Waals surface area (Å²) in [6.07, 6.45) is 4.17. The summed E-state index contributed by atoms with van der Waals surface area (Å²) in [5.74, 6) is -0.229. The second-order valence-corrected chi connectivity index (χ2v) is 7.83. The lowest BCUT2D eigenvalue weighted by Crippen LogP contribution is -2.32. The quantitative estimate of drug-likeness (QED) is 0.646. The first-order valence-corrected chi connectivity index (χ1v) is 10.2. The number of carbonyl (C=O) groups excluding carboxylic acids is 1. The van der Waals surface area contributed by atoms with Gasteiger partial charge in [-0.1, -0.05) is 0 Å². The highest BCUT2D eigenvalue weighted by Gasteiger charge is 2.27. The average molecular weight is 427 g/mol. The van der Waals surface area contributed by atoms with Crippen LogP contribution in [0.25, 0.3) is 10.9 Å². The van der Waals surface area contributed by atoms with Gasteiger partial charge in [-0.3, -0.25) is 9.48 Å². The molecule has 1 saturated heterocycles. The lowest BCUT2D eigenvalue weighted by molar-refractivity contribution is 0.102. The Morgan fingerprint density at radius 1 is 1.39 bits per heavy atom. The number of anilines is 2. The van der Waals surface area contributed by atoms with Gasteiger partial charge >= 0.3 is 0 Å². The Hall–Kier alpha value is -3.27. The molecule has 10 heteroatoms. The molecular weight excluding hydrogens is 401 g/mol. The number of aryl methyl sites for hydroxylation is 1. The van der Waals surface area contributed by atoms with Crippen molar-refractivity contribution in [3.63, 3.8) is 0 Å². The van der Waals surface area contributed by atoms with Crippen molar-refractivity contribution in [3.05, 3.63) is 35.9 Å². The molecule has 1 amide bonds. The van der Waals surface area contributed by atoms with Crippen molar-refractivity contribution >= 4 is 28.4 Å². The van der Waals surface area contributed by atoms with E-state index in [1.165, 1.54) is 16.9 Å². The van der Waals surface area contributed by atoms with E-state index in [2.05, 4.69) is 44.3 Å². The number of ether oxygens (including phenoxy) is 1. The maximum atomic E-state index is 14.3. The standard InChI is InChI=1S/C21H26FN7O2/c1-5-31-20-16(10-23-21(25-20)29-7-6-15(12-29)27(2)3)19(30)24-14-8-13-11-28(4)26-18(13)17(22)9-14/h8-11,15H,5-7,12H2,1-4H3,(H,24,30)/t15-/m1/s1. The van der Waals surface area contributed by atoms with Gasteiger partial charge in [-0.15, -0.1) is 0 Å². The number of hydrogen-bond donors (Lipinski definition) is 1. The van der Waals surface area contributed by atoms with Crippen LogP contribution in [-0.2, 0) is 7.05 Å². The van der Waals surface area contributed by atoms with E-state index in [1.54, 1.807) is 19.3 Å². The van der Waals surface area contributed by atoms with Crippen LogP contribution >= 0.6 is 0 Å². The fourth-order valence-corrected chi connectivity index (χ4v) is 3.74. The number of aromatic nitrogens is 4. The molecule has 1 fully saturated rings. The first-order chi connectivity index (χ1) is 14.9. The minimum absolute atomic E-state index is 0.195. The molecule has 0 bridgehead atoms. The van der Waals surface area contributed by atoms with Crippen LogP contribution in [0.1, 0.15) is 23.7 Å².